The number of methoxy groups -OCH3 is 1. The second kappa shape index (κ2) is 8.51. The lowest BCUT2D eigenvalue weighted by Gasteiger charge is -2.05. The third kappa shape index (κ3) is 4.11. The summed E-state index contributed by atoms with van der Waals surface area (Å²) < 4.78 is 12.4. The number of anilines is 1. The fraction of sp³-hybridized carbons (Fsp3) is 0.143. The van der Waals surface area contributed by atoms with Crippen molar-refractivity contribution in [3.8, 4) is 17.8 Å². The molecule has 148 valence electrons. The normalized spacial score (nSPS) is 11.4. The Balaban J connectivity index is 1.63. The summed E-state index contributed by atoms with van der Waals surface area (Å²) in [6, 6.07) is 12.5. The van der Waals surface area contributed by atoms with Gasteiger partial charge in [0, 0.05) is 29.5 Å². The first-order valence-electron chi connectivity index (χ1n) is 8.88. The number of nitrogens with zero attached hydrogens (tertiary/aromatic N) is 4. The molecule has 9 heteroatoms. The quantitative estimate of drug-likeness (QED) is 0.287. The highest BCUT2D eigenvalue weighted by Gasteiger charge is 2.19. The molecule has 2 aromatic heterocycles. The Morgan fingerprint density at radius 3 is 2.93 bits per heavy atom. The molecule has 0 atom stereocenters. The second-order valence-electron chi connectivity index (χ2n) is 6.31. The number of amides is 1. The van der Waals surface area contributed by atoms with E-state index in [9.17, 15) is 4.79 Å². The Hall–Kier alpha value is -3.44. The maximum Gasteiger partial charge on any atom is 0.537 e. The summed E-state index contributed by atoms with van der Waals surface area (Å²) in [5.74, 6) is 3.36. The molecule has 1 aromatic carbocycles. The van der Waals surface area contributed by atoms with Gasteiger partial charge in [0.05, 0.1) is 22.4 Å². The Bertz CT molecular complexity index is 1380. The van der Waals surface area contributed by atoms with Crippen molar-refractivity contribution >= 4 is 41.2 Å². The van der Waals surface area contributed by atoms with E-state index >= 15 is 0 Å². The van der Waals surface area contributed by atoms with E-state index in [-0.39, 0.29) is 11.8 Å². The van der Waals surface area contributed by atoms with E-state index in [0.29, 0.717) is 16.9 Å². The highest BCUT2D eigenvalue weighted by molar-refractivity contribution is 8.00. The minimum atomic E-state index is -0.249. The molecule has 4 rings (SSSR count). The van der Waals surface area contributed by atoms with Crippen LogP contribution >= 0.6 is 23.1 Å². The Morgan fingerprint density at radius 2 is 2.17 bits per heavy atom. The van der Waals surface area contributed by atoms with E-state index in [1.54, 1.807) is 28.7 Å². The van der Waals surface area contributed by atoms with Gasteiger partial charge in [0.15, 0.2) is 5.82 Å². The van der Waals surface area contributed by atoms with Crippen molar-refractivity contribution in [2.24, 2.45) is 0 Å². The maximum atomic E-state index is 12.5. The summed E-state index contributed by atoms with van der Waals surface area (Å²) in [6.07, 6.45) is 3.64. The Morgan fingerprint density at radius 1 is 1.30 bits per heavy atom. The lowest BCUT2D eigenvalue weighted by atomic mass is 10.2. The van der Waals surface area contributed by atoms with Crippen molar-refractivity contribution in [2.75, 3.05) is 18.7 Å². The summed E-state index contributed by atoms with van der Waals surface area (Å²) in [4.78, 5) is 12.5. The summed E-state index contributed by atoms with van der Waals surface area (Å²) in [5, 5.41) is 14.4. The minimum absolute atomic E-state index is 0.249. The van der Waals surface area contributed by atoms with Gasteiger partial charge >= 0.3 is 17.1 Å². The number of carbonyl (C=O) groups excluding carboxylic acids is 1. The van der Waals surface area contributed by atoms with Gasteiger partial charge in [-0.2, -0.15) is 0 Å². The van der Waals surface area contributed by atoms with Crippen LogP contribution in [0.15, 0.2) is 39.9 Å². The van der Waals surface area contributed by atoms with Crippen LogP contribution in [0.2, 0.25) is 0 Å². The number of aryl methyl sites for hydroxylation is 1. The monoisotopic (exact) mass is 435 g/mol. The van der Waals surface area contributed by atoms with Gasteiger partial charge in [0.25, 0.3) is 5.91 Å². The molecule has 0 saturated heterocycles. The van der Waals surface area contributed by atoms with Crippen LogP contribution in [-0.2, 0) is 0 Å². The van der Waals surface area contributed by atoms with Gasteiger partial charge in [-0.15, -0.1) is 33.3 Å². The smallest absolute Gasteiger partial charge is 0.479 e. The highest BCUT2D eigenvalue weighted by Crippen LogP contribution is 2.24. The number of hydrogen-bond donors (Lipinski definition) is 1. The van der Waals surface area contributed by atoms with Gasteiger partial charge in [0.1, 0.15) is 0 Å². The van der Waals surface area contributed by atoms with E-state index in [2.05, 4.69) is 32.1 Å². The third-order valence-corrected chi connectivity index (χ3v) is 6.28. The molecule has 30 heavy (non-hydrogen) atoms. The summed E-state index contributed by atoms with van der Waals surface area (Å²) in [7, 11) is 1.50. The highest BCUT2D eigenvalue weighted by atomic mass is 32.2. The molecule has 0 unspecified atom stereocenters. The molecule has 1 aliphatic rings. The number of benzene rings is 1. The lowest BCUT2D eigenvalue weighted by molar-refractivity contribution is 0.102. The van der Waals surface area contributed by atoms with Crippen LogP contribution in [0, 0.1) is 18.9 Å². The zero-order valence-corrected chi connectivity index (χ0v) is 18.1. The zero-order valence-electron chi connectivity index (χ0n) is 16.5. The van der Waals surface area contributed by atoms with Gasteiger partial charge in [-0.1, -0.05) is 6.07 Å². The first-order chi connectivity index (χ1) is 14.6. The third-order valence-electron chi connectivity index (χ3n) is 4.25. The molecule has 0 saturated carbocycles. The van der Waals surface area contributed by atoms with Crippen molar-refractivity contribution in [3.05, 3.63) is 63.1 Å². The van der Waals surface area contributed by atoms with Crippen LogP contribution in [0.5, 0.6) is 5.88 Å². The number of thiophene rings is 1. The van der Waals surface area contributed by atoms with Gasteiger partial charge in [-0.05, 0) is 34.1 Å². The van der Waals surface area contributed by atoms with Crippen molar-refractivity contribution in [1.29, 1.82) is 0 Å². The number of fused-ring (bicyclic) bond motifs is 1. The molecule has 0 bridgehead atoms. The van der Waals surface area contributed by atoms with Crippen LogP contribution in [-0.4, -0.2) is 35.8 Å². The van der Waals surface area contributed by atoms with E-state index in [4.69, 9.17) is 4.74 Å². The Kier molecular flexibility index (Phi) is 5.63. The summed E-state index contributed by atoms with van der Waals surface area (Å²) >= 11 is 3.12. The zero-order chi connectivity index (χ0) is 21.1. The van der Waals surface area contributed by atoms with Crippen LogP contribution in [0.4, 0.5) is 5.82 Å². The number of rotatable bonds is 4. The van der Waals surface area contributed by atoms with Crippen molar-refractivity contribution in [3.63, 3.8) is 0 Å². The first kappa shape index (κ1) is 19.9. The number of hydrogen-bond acceptors (Lipinski definition) is 6. The minimum Gasteiger partial charge on any atom is -0.479 e. The molecule has 3 heterocycles. The lowest BCUT2D eigenvalue weighted by Crippen LogP contribution is -2.32. The van der Waals surface area contributed by atoms with E-state index < -0.39 is 0 Å². The predicted molar refractivity (Wildman–Crippen MR) is 118 cm³/mol. The Labute approximate surface area is 180 Å². The maximum absolute atomic E-state index is 12.5. The topological polar surface area (TPSA) is 81.2 Å². The average molecular weight is 436 g/mol. The molecule has 0 radical (unpaired) electrons. The molecular formula is C21H17N5O2S2+2. The second-order valence-corrected chi connectivity index (χ2v) is 8.33. The van der Waals surface area contributed by atoms with Crippen molar-refractivity contribution in [1.82, 2.24) is 19.4 Å². The SMILES string of the molecule is COc1nnc(NC(=O)c2csc(SC)c2)cc1C#C[N+]1=c2ccc(C)cc2=[N+]=C1. The fourth-order valence-corrected chi connectivity index (χ4v) is 4.13. The molecule has 0 aliphatic carbocycles. The predicted octanol–water partition coefficient (Wildman–Crippen LogP) is 1.06. The molecule has 1 N–H and O–H groups in total. The van der Waals surface area contributed by atoms with Gasteiger partial charge in [-0.3, -0.25) is 4.79 Å². The summed E-state index contributed by atoms with van der Waals surface area (Å²) in [6.45, 7) is 2.02. The first-order valence-corrected chi connectivity index (χ1v) is 11.0. The van der Waals surface area contributed by atoms with Gasteiger partial charge in [0.2, 0.25) is 11.9 Å². The van der Waals surface area contributed by atoms with Crippen LogP contribution in [0.3, 0.4) is 0 Å². The number of thioether (sulfide) groups is 1. The summed E-state index contributed by atoms with van der Waals surface area (Å²) in [5.41, 5.74) is 2.22. The van der Waals surface area contributed by atoms with E-state index in [0.717, 1.165) is 20.5 Å². The van der Waals surface area contributed by atoms with Crippen LogP contribution in [0.1, 0.15) is 21.5 Å². The average Bonchev–Trinajstić information content (AvgIpc) is 3.39. The number of ether oxygens (including phenoxy) is 1. The molecular weight excluding hydrogens is 418 g/mol. The molecule has 0 fully saturated rings. The van der Waals surface area contributed by atoms with Crippen LogP contribution in [0.25, 0.3) is 0 Å². The van der Waals surface area contributed by atoms with Gasteiger partial charge in [-0.25, -0.2) is 0 Å². The fourth-order valence-electron chi connectivity index (χ4n) is 2.75. The molecule has 0 spiro atoms. The van der Waals surface area contributed by atoms with E-state index in [1.807, 2.05) is 42.8 Å². The number of aromatic nitrogens is 2. The standard InChI is InChI=1S/C21H16N5O2S2/c1-13-4-5-17-16(8-13)22-12-26(17)7-6-14-9-18(24-25-21(14)28-2)23-20(27)15-10-19(29-3)30-11-15/h4-5,8-12H,1-3H3/q+1/p+1. The van der Waals surface area contributed by atoms with Crippen molar-refractivity contribution in [2.45, 2.75) is 11.1 Å². The largest absolute Gasteiger partial charge is 0.537 e. The van der Waals surface area contributed by atoms with Crippen LogP contribution < -0.4 is 30.0 Å². The molecule has 1 amide bonds. The molecule has 7 nitrogen and oxygen atoms in total. The number of nitrogens with one attached hydrogen (secondary N) is 1. The molecule has 3 aromatic rings. The van der Waals surface area contributed by atoms with Crippen molar-refractivity contribution < 1.29 is 9.53 Å². The van der Waals surface area contributed by atoms with E-state index in [1.165, 1.54) is 18.4 Å². The molecule has 1 aliphatic heterocycles. The van der Waals surface area contributed by atoms with Gasteiger partial charge < -0.3 is 10.1 Å². The number of carbonyl (C=O) groups is 1.